The Hall–Kier alpha value is -6.00. The van der Waals surface area contributed by atoms with Crippen molar-refractivity contribution in [2.45, 2.75) is 5.41 Å². The topological polar surface area (TPSA) is 3.24 Å². The fourth-order valence-corrected chi connectivity index (χ4v) is 11.9. The van der Waals surface area contributed by atoms with Crippen molar-refractivity contribution in [2.24, 2.45) is 0 Å². The molecule has 0 atom stereocenters. The molecule has 0 aliphatic heterocycles. The quantitative estimate of drug-likeness (QED) is 0.178. The van der Waals surface area contributed by atoms with Crippen LogP contribution in [0, 0.1) is 0 Å². The summed E-state index contributed by atoms with van der Waals surface area (Å²) in [5, 5.41) is 5.22. The van der Waals surface area contributed by atoms with Gasteiger partial charge in [-0.1, -0.05) is 146 Å². The standard InChI is InChI=1S/C49H29NS2/c1-6-21-37-30(14-1)31-15-2-7-22-38(31)49(37)39-23-8-3-18-36(39)46-40(49)24-13-25-41(46)50(42-26-11-19-34-32-16-4-9-28-44(32)51-47(34)42)43-27-12-20-35-33-17-5-10-29-45(33)52-48(35)43/h1-29H. The van der Waals surface area contributed by atoms with Crippen LogP contribution in [0.3, 0.4) is 0 Å². The minimum Gasteiger partial charge on any atom is -0.307 e. The van der Waals surface area contributed by atoms with Gasteiger partial charge in [0.05, 0.1) is 31.9 Å². The predicted molar refractivity (Wildman–Crippen MR) is 223 cm³/mol. The third-order valence-electron chi connectivity index (χ3n) is 11.5. The highest BCUT2D eigenvalue weighted by Crippen LogP contribution is 2.65. The van der Waals surface area contributed by atoms with E-state index in [0.717, 1.165) is 0 Å². The molecule has 8 aromatic carbocycles. The van der Waals surface area contributed by atoms with Crippen LogP contribution in [-0.2, 0) is 5.41 Å². The second-order valence-electron chi connectivity index (χ2n) is 13.9. The average molecular weight is 696 g/mol. The maximum absolute atomic E-state index is 2.59. The molecule has 0 saturated carbocycles. The lowest BCUT2D eigenvalue weighted by Gasteiger charge is -2.32. The highest BCUT2D eigenvalue weighted by molar-refractivity contribution is 7.27. The van der Waals surface area contributed by atoms with E-state index >= 15 is 0 Å². The molecule has 0 saturated heterocycles. The molecule has 0 fully saturated rings. The molecule has 52 heavy (non-hydrogen) atoms. The van der Waals surface area contributed by atoms with Crippen molar-refractivity contribution in [3.63, 3.8) is 0 Å². The normalized spacial score (nSPS) is 13.5. The third kappa shape index (κ3) is 3.57. The van der Waals surface area contributed by atoms with Gasteiger partial charge in [0.25, 0.3) is 0 Å². The average Bonchev–Trinajstić information content (AvgIpc) is 3.94. The minimum atomic E-state index is -0.409. The molecule has 12 rings (SSSR count). The Kier molecular flexibility index (Phi) is 5.80. The minimum absolute atomic E-state index is 0.409. The number of hydrogen-bond acceptors (Lipinski definition) is 3. The fraction of sp³-hybridized carbons (Fsp3) is 0.0204. The zero-order valence-corrected chi connectivity index (χ0v) is 29.6. The van der Waals surface area contributed by atoms with Gasteiger partial charge >= 0.3 is 0 Å². The van der Waals surface area contributed by atoms with Crippen LogP contribution in [0.5, 0.6) is 0 Å². The zero-order valence-electron chi connectivity index (χ0n) is 28.0. The predicted octanol–water partition coefficient (Wildman–Crippen LogP) is 14.2. The lowest BCUT2D eigenvalue weighted by molar-refractivity contribution is 0.794. The molecule has 0 unspecified atom stereocenters. The van der Waals surface area contributed by atoms with E-state index in [1.807, 2.05) is 22.7 Å². The van der Waals surface area contributed by atoms with E-state index in [1.54, 1.807) is 0 Å². The number of hydrogen-bond donors (Lipinski definition) is 0. The van der Waals surface area contributed by atoms with Gasteiger partial charge in [0.2, 0.25) is 0 Å². The van der Waals surface area contributed by atoms with E-state index in [1.165, 1.54) is 102 Å². The van der Waals surface area contributed by atoms with E-state index in [-0.39, 0.29) is 0 Å². The highest BCUT2D eigenvalue weighted by atomic mass is 32.1. The first-order valence-corrected chi connectivity index (χ1v) is 19.5. The van der Waals surface area contributed by atoms with Gasteiger partial charge in [-0.05, 0) is 69.3 Å². The van der Waals surface area contributed by atoms with E-state index in [9.17, 15) is 0 Å². The molecular formula is C49H29NS2. The summed E-state index contributed by atoms with van der Waals surface area (Å²) in [6, 6.07) is 65.8. The summed E-state index contributed by atoms with van der Waals surface area (Å²) in [6.07, 6.45) is 0. The van der Waals surface area contributed by atoms with Gasteiger partial charge in [-0.25, -0.2) is 0 Å². The molecule has 1 nitrogen and oxygen atoms in total. The summed E-state index contributed by atoms with van der Waals surface area (Å²) in [7, 11) is 0. The molecular weight excluding hydrogens is 667 g/mol. The summed E-state index contributed by atoms with van der Waals surface area (Å²) >= 11 is 3.79. The van der Waals surface area contributed by atoms with Crippen LogP contribution in [0.25, 0.3) is 62.6 Å². The van der Waals surface area contributed by atoms with Gasteiger partial charge in [-0.3, -0.25) is 0 Å². The zero-order chi connectivity index (χ0) is 34.0. The summed E-state index contributed by atoms with van der Waals surface area (Å²) < 4.78 is 5.23. The van der Waals surface area contributed by atoms with Crippen LogP contribution in [0.2, 0.25) is 0 Å². The first-order valence-electron chi connectivity index (χ1n) is 17.9. The van der Waals surface area contributed by atoms with Crippen molar-refractivity contribution in [2.75, 3.05) is 4.90 Å². The van der Waals surface area contributed by atoms with Crippen molar-refractivity contribution in [3.8, 4) is 22.3 Å². The number of benzene rings is 8. The van der Waals surface area contributed by atoms with Crippen LogP contribution < -0.4 is 4.90 Å². The molecule has 1 spiro atoms. The monoisotopic (exact) mass is 695 g/mol. The summed E-state index contributed by atoms with van der Waals surface area (Å²) in [4.78, 5) is 2.59. The van der Waals surface area contributed by atoms with Gasteiger partial charge in [0, 0.05) is 36.5 Å². The molecule has 3 heteroatoms. The molecule has 2 heterocycles. The maximum Gasteiger partial charge on any atom is 0.0726 e. The van der Waals surface area contributed by atoms with Crippen molar-refractivity contribution in [1.29, 1.82) is 0 Å². The number of rotatable bonds is 3. The molecule has 0 radical (unpaired) electrons. The van der Waals surface area contributed by atoms with Gasteiger partial charge in [0.1, 0.15) is 0 Å². The van der Waals surface area contributed by atoms with Crippen molar-refractivity contribution < 1.29 is 0 Å². The second-order valence-corrected chi connectivity index (χ2v) is 16.0. The highest BCUT2D eigenvalue weighted by Gasteiger charge is 2.52. The van der Waals surface area contributed by atoms with Crippen LogP contribution in [0.15, 0.2) is 176 Å². The fourth-order valence-electron chi connectivity index (χ4n) is 9.52. The van der Waals surface area contributed by atoms with Crippen molar-refractivity contribution in [3.05, 3.63) is 198 Å². The Bertz CT molecular complexity index is 2950. The first kappa shape index (κ1) is 28.7. The van der Waals surface area contributed by atoms with Crippen LogP contribution >= 0.6 is 22.7 Å². The molecule has 242 valence electrons. The number of thiophene rings is 2. The van der Waals surface area contributed by atoms with Crippen molar-refractivity contribution >= 4 is 80.1 Å². The Morgan fingerprint density at radius 1 is 0.327 bits per heavy atom. The molecule has 2 aliphatic rings. The van der Waals surface area contributed by atoms with E-state index < -0.39 is 5.41 Å². The summed E-state index contributed by atoms with van der Waals surface area (Å²) in [6.45, 7) is 0. The SMILES string of the molecule is c1ccc2c(c1)-c1ccccc1C21c2ccccc2-c2c(N(c3cccc4c3sc3ccccc34)c3cccc4c3sc3ccccc34)cccc21. The summed E-state index contributed by atoms with van der Waals surface area (Å²) in [5.74, 6) is 0. The van der Waals surface area contributed by atoms with Gasteiger partial charge in [-0.2, -0.15) is 0 Å². The second kappa shape index (κ2) is 10.5. The van der Waals surface area contributed by atoms with Crippen LogP contribution in [-0.4, -0.2) is 0 Å². The third-order valence-corrected chi connectivity index (χ3v) is 13.9. The Balaban J connectivity index is 1.23. The molecule has 0 amide bonds. The molecule has 10 aromatic rings. The molecule has 0 N–H and O–H groups in total. The van der Waals surface area contributed by atoms with Crippen molar-refractivity contribution in [1.82, 2.24) is 0 Å². The smallest absolute Gasteiger partial charge is 0.0726 e. The first-order chi connectivity index (χ1) is 25.8. The van der Waals surface area contributed by atoms with Gasteiger partial charge < -0.3 is 4.90 Å². The number of anilines is 3. The Morgan fingerprint density at radius 3 is 1.31 bits per heavy atom. The van der Waals surface area contributed by atoms with Gasteiger partial charge in [-0.15, -0.1) is 22.7 Å². The Morgan fingerprint density at radius 2 is 0.731 bits per heavy atom. The molecule has 2 aromatic heterocycles. The van der Waals surface area contributed by atoms with E-state index in [2.05, 4.69) is 181 Å². The number of fused-ring (bicyclic) bond motifs is 16. The van der Waals surface area contributed by atoms with Crippen LogP contribution in [0.1, 0.15) is 22.3 Å². The largest absolute Gasteiger partial charge is 0.307 e. The summed E-state index contributed by atoms with van der Waals surface area (Å²) in [5.41, 5.74) is 13.9. The van der Waals surface area contributed by atoms with Crippen LogP contribution in [0.4, 0.5) is 17.1 Å². The molecule has 0 bridgehead atoms. The molecule has 2 aliphatic carbocycles. The lowest BCUT2D eigenvalue weighted by atomic mass is 9.70. The lowest BCUT2D eigenvalue weighted by Crippen LogP contribution is -2.26. The van der Waals surface area contributed by atoms with E-state index in [0.29, 0.717) is 0 Å². The maximum atomic E-state index is 2.59. The van der Waals surface area contributed by atoms with E-state index in [4.69, 9.17) is 0 Å². The van der Waals surface area contributed by atoms with Gasteiger partial charge in [0.15, 0.2) is 0 Å². The Labute approximate surface area is 309 Å². The number of nitrogens with zero attached hydrogens (tertiary/aromatic N) is 1.